The van der Waals surface area contributed by atoms with E-state index in [1.165, 1.54) is 12.1 Å². The second kappa shape index (κ2) is 10.1. The molecular formula is C22H34FN3O3. The number of carbonyl (C=O) groups excluding carboxylic acids is 2. The molecule has 6 nitrogen and oxygen atoms in total. The Morgan fingerprint density at radius 1 is 1.31 bits per heavy atom. The molecule has 2 amide bonds. The number of ether oxygens (including phenoxy) is 1. The van der Waals surface area contributed by atoms with Gasteiger partial charge in [-0.05, 0) is 70.7 Å². The predicted octanol–water partition coefficient (Wildman–Crippen LogP) is 3.41. The molecular weight excluding hydrogens is 373 g/mol. The monoisotopic (exact) mass is 407 g/mol. The molecule has 0 aliphatic carbocycles. The maximum Gasteiger partial charge on any atom is 0.410 e. The Labute approximate surface area is 173 Å². The minimum atomic E-state index is -0.513. The van der Waals surface area contributed by atoms with E-state index < -0.39 is 5.60 Å². The molecule has 1 fully saturated rings. The fourth-order valence-corrected chi connectivity index (χ4v) is 3.50. The molecule has 2 unspecified atom stereocenters. The van der Waals surface area contributed by atoms with Crippen molar-refractivity contribution in [2.45, 2.75) is 58.7 Å². The third-order valence-corrected chi connectivity index (χ3v) is 5.09. The molecule has 1 aliphatic rings. The van der Waals surface area contributed by atoms with Crippen LogP contribution in [-0.2, 0) is 16.1 Å². The van der Waals surface area contributed by atoms with Gasteiger partial charge in [0.1, 0.15) is 11.4 Å². The normalized spacial score (nSPS) is 18.8. The van der Waals surface area contributed by atoms with Crippen LogP contribution in [0.3, 0.4) is 0 Å². The zero-order chi connectivity index (χ0) is 21.6. The fraction of sp³-hybridized carbons (Fsp3) is 0.636. The van der Waals surface area contributed by atoms with Gasteiger partial charge in [0, 0.05) is 26.7 Å². The standard InChI is InChI=1S/C22H34FN3O3/c1-16(20(27)24-13-17-8-10-19(23)11-9-17)26-12-6-7-18(15-26)14-25(5)21(28)29-22(2,3)4/h8-11,16,18H,6-7,12-15H2,1-5H3,(H,24,27). The summed E-state index contributed by atoms with van der Waals surface area (Å²) in [4.78, 5) is 28.6. The van der Waals surface area contributed by atoms with Gasteiger partial charge in [0.05, 0.1) is 6.04 Å². The van der Waals surface area contributed by atoms with Gasteiger partial charge in [0.15, 0.2) is 0 Å². The van der Waals surface area contributed by atoms with Crippen molar-refractivity contribution in [2.75, 3.05) is 26.7 Å². The number of piperidine rings is 1. The number of nitrogens with zero attached hydrogens (tertiary/aromatic N) is 2. The Morgan fingerprint density at radius 3 is 2.59 bits per heavy atom. The van der Waals surface area contributed by atoms with Crippen LogP contribution >= 0.6 is 0 Å². The molecule has 1 aromatic rings. The van der Waals surface area contributed by atoms with E-state index in [1.807, 2.05) is 27.7 Å². The summed E-state index contributed by atoms with van der Waals surface area (Å²) in [5.41, 5.74) is 0.351. The average Bonchev–Trinajstić information content (AvgIpc) is 2.65. The van der Waals surface area contributed by atoms with Crippen LogP contribution in [0.15, 0.2) is 24.3 Å². The van der Waals surface area contributed by atoms with Crippen LogP contribution in [0.4, 0.5) is 9.18 Å². The number of nitrogens with one attached hydrogen (secondary N) is 1. The highest BCUT2D eigenvalue weighted by Gasteiger charge is 2.29. The van der Waals surface area contributed by atoms with Crippen LogP contribution in [0.25, 0.3) is 0 Å². The smallest absolute Gasteiger partial charge is 0.410 e. The highest BCUT2D eigenvalue weighted by molar-refractivity contribution is 5.81. The Hall–Kier alpha value is -2.15. The lowest BCUT2D eigenvalue weighted by molar-refractivity contribution is -0.126. The number of carbonyl (C=O) groups is 2. The lowest BCUT2D eigenvalue weighted by Gasteiger charge is -2.37. The largest absolute Gasteiger partial charge is 0.444 e. The molecule has 1 aliphatic heterocycles. The van der Waals surface area contributed by atoms with E-state index >= 15 is 0 Å². The number of halogens is 1. The summed E-state index contributed by atoms with van der Waals surface area (Å²) in [5, 5.41) is 2.93. The third kappa shape index (κ3) is 7.65. The number of hydrogen-bond acceptors (Lipinski definition) is 4. The summed E-state index contributed by atoms with van der Waals surface area (Å²) < 4.78 is 18.4. The van der Waals surface area contributed by atoms with Crippen molar-refractivity contribution in [1.82, 2.24) is 15.1 Å². The predicted molar refractivity (Wildman–Crippen MR) is 111 cm³/mol. The summed E-state index contributed by atoms with van der Waals surface area (Å²) in [6, 6.07) is 5.86. The molecule has 1 heterocycles. The first-order chi connectivity index (χ1) is 13.5. The molecule has 0 spiro atoms. The van der Waals surface area contributed by atoms with Crippen molar-refractivity contribution in [3.8, 4) is 0 Å². The molecule has 2 rings (SSSR count). The summed E-state index contributed by atoms with van der Waals surface area (Å²) in [7, 11) is 1.76. The number of likely N-dealkylation sites (tertiary alicyclic amines) is 1. The number of benzene rings is 1. The summed E-state index contributed by atoms with van der Waals surface area (Å²) in [6.07, 6.45) is 1.69. The van der Waals surface area contributed by atoms with Gasteiger partial charge in [0.25, 0.3) is 0 Å². The molecule has 7 heteroatoms. The third-order valence-electron chi connectivity index (χ3n) is 5.09. The number of amides is 2. The lowest BCUT2D eigenvalue weighted by Crippen LogP contribution is -2.50. The second-order valence-corrected chi connectivity index (χ2v) is 8.88. The fourth-order valence-electron chi connectivity index (χ4n) is 3.50. The van der Waals surface area contributed by atoms with Gasteiger partial charge in [-0.15, -0.1) is 0 Å². The molecule has 1 saturated heterocycles. The van der Waals surface area contributed by atoms with E-state index in [9.17, 15) is 14.0 Å². The molecule has 1 aromatic carbocycles. The second-order valence-electron chi connectivity index (χ2n) is 8.88. The summed E-state index contributed by atoms with van der Waals surface area (Å²) >= 11 is 0. The number of hydrogen-bond donors (Lipinski definition) is 1. The van der Waals surface area contributed by atoms with E-state index in [1.54, 1.807) is 24.1 Å². The minimum absolute atomic E-state index is 0.0459. The summed E-state index contributed by atoms with van der Waals surface area (Å²) in [6.45, 7) is 10.1. The molecule has 0 aromatic heterocycles. The molecule has 0 radical (unpaired) electrons. The highest BCUT2D eigenvalue weighted by Crippen LogP contribution is 2.20. The van der Waals surface area contributed by atoms with Crippen LogP contribution in [0.1, 0.15) is 46.1 Å². The first-order valence-electron chi connectivity index (χ1n) is 10.3. The van der Waals surface area contributed by atoms with Gasteiger partial charge < -0.3 is 15.0 Å². The van der Waals surface area contributed by atoms with Crippen LogP contribution in [0.5, 0.6) is 0 Å². The lowest BCUT2D eigenvalue weighted by atomic mass is 9.96. The number of rotatable bonds is 6. The first-order valence-corrected chi connectivity index (χ1v) is 10.3. The van der Waals surface area contributed by atoms with Crippen LogP contribution in [0.2, 0.25) is 0 Å². The van der Waals surface area contributed by atoms with Crippen molar-refractivity contribution in [3.05, 3.63) is 35.6 Å². The van der Waals surface area contributed by atoms with E-state index in [4.69, 9.17) is 4.74 Å². The van der Waals surface area contributed by atoms with Crippen molar-refractivity contribution >= 4 is 12.0 Å². The topological polar surface area (TPSA) is 61.9 Å². The molecule has 2 atom stereocenters. The quantitative estimate of drug-likeness (QED) is 0.785. The maximum atomic E-state index is 13.0. The van der Waals surface area contributed by atoms with Gasteiger partial charge in [-0.1, -0.05) is 12.1 Å². The van der Waals surface area contributed by atoms with Crippen molar-refractivity contribution in [3.63, 3.8) is 0 Å². The van der Waals surface area contributed by atoms with E-state index in [0.29, 0.717) is 19.0 Å². The zero-order valence-corrected chi connectivity index (χ0v) is 18.2. The van der Waals surface area contributed by atoms with E-state index in [-0.39, 0.29) is 23.9 Å². The van der Waals surface area contributed by atoms with E-state index in [2.05, 4.69) is 10.2 Å². The Bertz CT molecular complexity index is 688. The molecule has 1 N–H and O–H groups in total. The SMILES string of the molecule is CC(C(=O)NCc1ccc(F)cc1)N1CCCC(CN(C)C(=O)OC(C)(C)C)C1. The highest BCUT2D eigenvalue weighted by atomic mass is 19.1. The van der Waals surface area contributed by atoms with Gasteiger partial charge >= 0.3 is 6.09 Å². The van der Waals surface area contributed by atoms with Crippen molar-refractivity contribution in [1.29, 1.82) is 0 Å². The Morgan fingerprint density at radius 2 is 1.97 bits per heavy atom. The average molecular weight is 408 g/mol. The van der Waals surface area contributed by atoms with Crippen molar-refractivity contribution in [2.24, 2.45) is 5.92 Å². The van der Waals surface area contributed by atoms with Crippen LogP contribution in [0, 0.1) is 11.7 Å². The minimum Gasteiger partial charge on any atom is -0.444 e. The molecule has 0 saturated carbocycles. The van der Waals surface area contributed by atoms with Gasteiger partial charge in [0.2, 0.25) is 5.91 Å². The zero-order valence-electron chi connectivity index (χ0n) is 18.2. The Kier molecular flexibility index (Phi) is 8.02. The van der Waals surface area contributed by atoms with Gasteiger partial charge in [-0.25, -0.2) is 9.18 Å². The van der Waals surface area contributed by atoms with Crippen LogP contribution in [-0.4, -0.2) is 60.1 Å². The molecule has 0 bridgehead atoms. The van der Waals surface area contributed by atoms with Gasteiger partial charge in [-0.3, -0.25) is 9.69 Å². The summed E-state index contributed by atoms with van der Waals surface area (Å²) in [5.74, 6) is -0.0340. The van der Waals surface area contributed by atoms with Crippen molar-refractivity contribution < 1.29 is 18.7 Å². The first kappa shape index (κ1) is 23.1. The maximum absolute atomic E-state index is 13.0. The van der Waals surface area contributed by atoms with Crippen LogP contribution < -0.4 is 5.32 Å². The molecule has 162 valence electrons. The van der Waals surface area contributed by atoms with E-state index in [0.717, 1.165) is 31.5 Å². The van der Waals surface area contributed by atoms with Gasteiger partial charge in [-0.2, -0.15) is 0 Å². The molecule has 29 heavy (non-hydrogen) atoms. The Balaban J connectivity index is 1.83.